The number of phenols is 1. The molecule has 2 rings (SSSR count). The number of hydrogen-bond donors (Lipinski definition) is 2. The van der Waals surface area contributed by atoms with E-state index in [1.807, 2.05) is 19.1 Å². The van der Waals surface area contributed by atoms with Gasteiger partial charge in [-0.05, 0) is 19.1 Å². The third-order valence-corrected chi connectivity index (χ3v) is 3.13. The number of rotatable bonds is 5. The summed E-state index contributed by atoms with van der Waals surface area (Å²) < 4.78 is 10.2. The summed E-state index contributed by atoms with van der Waals surface area (Å²) in [5.41, 5.74) is 1.35. The molecule has 0 heterocycles. The predicted octanol–water partition coefficient (Wildman–Crippen LogP) is 3.83. The van der Waals surface area contributed by atoms with Crippen LogP contribution in [0.1, 0.15) is 15.9 Å². The van der Waals surface area contributed by atoms with Crippen LogP contribution in [0, 0.1) is 6.92 Å². The first-order chi connectivity index (χ1) is 11.0. The van der Waals surface area contributed by atoms with Crippen molar-refractivity contribution in [2.45, 2.75) is 6.92 Å². The molecule has 0 aliphatic carbocycles. The number of methoxy groups -OCH3 is 2. The Morgan fingerprint density at radius 2 is 1.65 bits per heavy atom. The zero-order chi connectivity index (χ0) is 17.0. The number of azo groups is 1. The van der Waals surface area contributed by atoms with Crippen LogP contribution in [-0.4, -0.2) is 30.4 Å². The fourth-order valence-electron chi connectivity index (χ4n) is 1.98. The van der Waals surface area contributed by atoms with Crippen molar-refractivity contribution in [3.05, 3.63) is 41.5 Å². The first-order valence-electron chi connectivity index (χ1n) is 6.67. The second-order valence-electron chi connectivity index (χ2n) is 4.70. The Bertz CT molecular complexity index is 754. The number of nitrogens with zero attached hydrogens (tertiary/aromatic N) is 2. The topological polar surface area (TPSA) is 101 Å². The van der Waals surface area contributed by atoms with Gasteiger partial charge in [0.2, 0.25) is 5.75 Å². The second-order valence-corrected chi connectivity index (χ2v) is 4.70. The lowest BCUT2D eigenvalue weighted by molar-refractivity contribution is 0.0697. The van der Waals surface area contributed by atoms with E-state index in [0.29, 0.717) is 5.69 Å². The molecule has 0 fully saturated rings. The van der Waals surface area contributed by atoms with Crippen molar-refractivity contribution in [2.24, 2.45) is 10.2 Å². The fourth-order valence-corrected chi connectivity index (χ4v) is 1.98. The van der Waals surface area contributed by atoms with Gasteiger partial charge in [-0.2, -0.15) is 5.11 Å². The highest BCUT2D eigenvalue weighted by Crippen LogP contribution is 2.46. The molecule has 0 saturated carbocycles. The molecule has 0 saturated heterocycles. The van der Waals surface area contributed by atoms with Gasteiger partial charge < -0.3 is 19.7 Å². The first kappa shape index (κ1) is 16.3. The Balaban J connectivity index is 2.58. The van der Waals surface area contributed by atoms with E-state index >= 15 is 0 Å². The molecular weight excluding hydrogens is 300 g/mol. The van der Waals surface area contributed by atoms with Crippen LogP contribution in [0.3, 0.4) is 0 Å². The van der Waals surface area contributed by atoms with Crippen LogP contribution in [0.25, 0.3) is 0 Å². The van der Waals surface area contributed by atoms with E-state index in [-0.39, 0.29) is 28.5 Å². The van der Waals surface area contributed by atoms with Crippen molar-refractivity contribution in [3.63, 3.8) is 0 Å². The number of carbonyl (C=O) groups is 1. The largest absolute Gasteiger partial charge is 0.504 e. The van der Waals surface area contributed by atoms with Gasteiger partial charge in [-0.25, -0.2) is 4.79 Å². The number of carboxylic acid groups (broad SMARTS) is 1. The number of ether oxygens (including phenoxy) is 2. The zero-order valence-electron chi connectivity index (χ0n) is 12.9. The zero-order valence-corrected chi connectivity index (χ0v) is 12.9. The quantitative estimate of drug-likeness (QED) is 0.816. The molecule has 7 heteroatoms. The molecule has 0 amide bonds. The molecule has 0 atom stereocenters. The van der Waals surface area contributed by atoms with E-state index in [1.165, 1.54) is 14.2 Å². The van der Waals surface area contributed by atoms with Crippen LogP contribution in [0.15, 0.2) is 40.6 Å². The molecule has 0 unspecified atom stereocenters. The Morgan fingerprint density at radius 1 is 1.04 bits per heavy atom. The third-order valence-electron chi connectivity index (χ3n) is 3.13. The Morgan fingerprint density at radius 3 is 2.17 bits per heavy atom. The summed E-state index contributed by atoms with van der Waals surface area (Å²) in [5, 5.41) is 27.1. The van der Waals surface area contributed by atoms with Crippen LogP contribution >= 0.6 is 0 Å². The number of aryl methyl sites for hydroxylation is 1. The molecule has 0 spiro atoms. The molecule has 0 bridgehead atoms. The van der Waals surface area contributed by atoms with Gasteiger partial charge in [-0.1, -0.05) is 17.7 Å². The summed E-state index contributed by atoms with van der Waals surface area (Å²) in [6.07, 6.45) is 0. The fraction of sp³-hybridized carbons (Fsp3) is 0.188. The molecule has 0 aliphatic heterocycles. The number of benzene rings is 2. The normalized spacial score (nSPS) is 10.7. The van der Waals surface area contributed by atoms with Crippen LogP contribution in [0.5, 0.6) is 17.2 Å². The number of aromatic carboxylic acids is 1. The molecule has 23 heavy (non-hydrogen) atoms. The summed E-state index contributed by atoms with van der Waals surface area (Å²) in [6, 6.07) is 8.28. The van der Waals surface area contributed by atoms with Gasteiger partial charge in [0.25, 0.3) is 0 Å². The number of hydrogen-bond acceptors (Lipinski definition) is 6. The maximum absolute atomic E-state index is 11.4. The monoisotopic (exact) mass is 316 g/mol. The van der Waals surface area contributed by atoms with Gasteiger partial charge in [0.05, 0.1) is 25.5 Å². The molecule has 120 valence electrons. The Hall–Kier alpha value is -3.09. The molecule has 0 aliphatic rings. The molecule has 7 nitrogen and oxygen atoms in total. The summed E-state index contributed by atoms with van der Waals surface area (Å²) in [6.45, 7) is 1.94. The second kappa shape index (κ2) is 6.78. The highest BCUT2D eigenvalue weighted by Gasteiger charge is 2.23. The van der Waals surface area contributed by atoms with Gasteiger partial charge in [-0.15, -0.1) is 5.11 Å². The molecule has 0 radical (unpaired) electrons. The van der Waals surface area contributed by atoms with E-state index < -0.39 is 5.97 Å². The predicted molar refractivity (Wildman–Crippen MR) is 83.5 cm³/mol. The Kier molecular flexibility index (Phi) is 4.80. The van der Waals surface area contributed by atoms with Crippen molar-refractivity contribution < 1.29 is 24.5 Å². The van der Waals surface area contributed by atoms with Gasteiger partial charge in [-0.3, -0.25) is 0 Å². The molecule has 0 aromatic heterocycles. The summed E-state index contributed by atoms with van der Waals surface area (Å²) in [4.78, 5) is 11.4. The van der Waals surface area contributed by atoms with E-state index in [1.54, 1.807) is 12.1 Å². The standard InChI is InChI=1S/C16H16N2O5/c1-9-4-6-10(7-5-9)17-18-13-11(16(20)21)8-12(19)14(22-2)15(13)23-3/h4-8,19H,1-3H3,(H,20,21)/b18-17+. The van der Waals surface area contributed by atoms with Crippen molar-refractivity contribution >= 4 is 17.3 Å². The van der Waals surface area contributed by atoms with Crippen LogP contribution in [0.2, 0.25) is 0 Å². The number of aromatic hydroxyl groups is 1. The van der Waals surface area contributed by atoms with E-state index in [4.69, 9.17) is 9.47 Å². The maximum Gasteiger partial charge on any atom is 0.338 e. The SMILES string of the molecule is COc1c(O)cc(C(=O)O)c(/N=N/c2ccc(C)cc2)c1OC. The summed E-state index contributed by atoms with van der Waals surface area (Å²) in [5.74, 6) is -1.62. The minimum Gasteiger partial charge on any atom is -0.504 e. The highest BCUT2D eigenvalue weighted by atomic mass is 16.5. The maximum atomic E-state index is 11.4. The lowest BCUT2D eigenvalue weighted by atomic mass is 10.1. The smallest absolute Gasteiger partial charge is 0.338 e. The van der Waals surface area contributed by atoms with E-state index in [2.05, 4.69) is 10.2 Å². The van der Waals surface area contributed by atoms with Gasteiger partial charge >= 0.3 is 5.97 Å². The minimum atomic E-state index is -1.26. The Labute approximate surface area is 132 Å². The highest BCUT2D eigenvalue weighted by molar-refractivity contribution is 5.96. The van der Waals surface area contributed by atoms with Gasteiger partial charge in [0.1, 0.15) is 5.69 Å². The van der Waals surface area contributed by atoms with Gasteiger partial charge in [0, 0.05) is 6.07 Å². The minimum absolute atomic E-state index is 0.000705. The summed E-state index contributed by atoms with van der Waals surface area (Å²) in [7, 11) is 2.66. The molecule has 2 N–H and O–H groups in total. The average molecular weight is 316 g/mol. The van der Waals surface area contributed by atoms with Crippen molar-refractivity contribution in [2.75, 3.05) is 14.2 Å². The third kappa shape index (κ3) is 3.39. The first-order valence-corrected chi connectivity index (χ1v) is 6.67. The van der Waals surface area contributed by atoms with Gasteiger partial charge in [0.15, 0.2) is 11.5 Å². The summed E-state index contributed by atoms with van der Waals surface area (Å²) >= 11 is 0. The van der Waals surface area contributed by atoms with Crippen LogP contribution in [-0.2, 0) is 0 Å². The lowest BCUT2D eigenvalue weighted by Gasteiger charge is -2.13. The van der Waals surface area contributed by atoms with Crippen molar-refractivity contribution in [1.82, 2.24) is 0 Å². The number of phenolic OH excluding ortho intramolecular Hbond substituents is 1. The molecule has 2 aromatic carbocycles. The average Bonchev–Trinajstić information content (AvgIpc) is 2.53. The van der Waals surface area contributed by atoms with E-state index in [9.17, 15) is 15.0 Å². The lowest BCUT2D eigenvalue weighted by Crippen LogP contribution is -2.00. The van der Waals surface area contributed by atoms with Crippen LogP contribution < -0.4 is 9.47 Å². The van der Waals surface area contributed by atoms with Crippen molar-refractivity contribution in [3.8, 4) is 17.2 Å². The molecule has 2 aromatic rings. The van der Waals surface area contributed by atoms with Crippen molar-refractivity contribution in [1.29, 1.82) is 0 Å². The molecular formula is C16H16N2O5. The number of carboxylic acids is 1. The van der Waals surface area contributed by atoms with Crippen LogP contribution in [0.4, 0.5) is 11.4 Å². The van der Waals surface area contributed by atoms with E-state index in [0.717, 1.165) is 11.6 Å².